The van der Waals surface area contributed by atoms with Crippen molar-refractivity contribution >= 4 is 5.91 Å². The molecular formula is C18H20N2O3. The van der Waals surface area contributed by atoms with E-state index < -0.39 is 0 Å². The van der Waals surface area contributed by atoms with Gasteiger partial charge in [0.2, 0.25) is 0 Å². The van der Waals surface area contributed by atoms with Crippen LogP contribution < -0.4 is 14.8 Å². The number of para-hydroxylation sites is 1. The highest BCUT2D eigenvalue weighted by Crippen LogP contribution is 2.36. The van der Waals surface area contributed by atoms with Gasteiger partial charge in [-0.1, -0.05) is 12.1 Å². The molecule has 0 unspecified atom stereocenters. The fraction of sp³-hybridized carbons (Fsp3) is 0.333. The predicted molar refractivity (Wildman–Crippen MR) is 87.0 cm³/mol. The zero-order chi connectivity index (χ0) is 16.2. The van der Waals surface area contributed by atoms with Gasteiger partial charge >= 0.3 is 0 Å². The molecule has 1 aliphatic heterocycles. The summed E-state index contributed by atoms with van der Waals surface area (Å²) in [4.78, 5) is 16.3. The number of amides is 1. The number of aromatic nitrogens is 1. The van der Waals surface area contributed by atoms with Crippen LogP contribution >= 0.6 is 0 Å². The lowest BCUT2D eigenvalue weighted by Crippen LogP contribution is -2.26. The second-order valence-corrected chi connectivity index (χ2v) is 5.61. The maximum atomic E-state index is 12.0. The molecule has 2 aromatic rings. The van der Waals surface area contributed by atoms with Crippen molar-refractivity contribution in [2.75, 3.05) is 20.8 Å². The fourth-order valence-corrected chi connectivity index (χ4v) is 2.96. The van der Waals surface area contributed by atoms with Crippen molar-refractivity contribution < 1.29 is 14.3 Å². The lowest BCUT2D eigenvalue weighted by Gasteiger charge is -2.26. The summed E-state index contributed by atoms with van der Waals surface area (Å²) >= 11 is 0. The number of hydrogen-bond acceptors (Lipinski definition) is 4. The van der Waals surface area contributed by atoms with Crippen LogP contribution in [-0.4, -0.2) is 31.7 Å². The van der Waals surface area contributed by atoms with E-state index in [1.165, 1.54) is 0 Å². The van der Waals surface area contributed by atoms with E-state index >= 15 is 0 Å². The quantitative estimate of drug-likeness (QED) is 0.940. The molecule has 1 atom stereocenters. The number of hydrogen-bond donors (Lipinski definition) is 1. The number of fused-ring (bicyclic) bond motifs is 1. The number of nitrogens with one attached hydrogen (secondary N) is 1. The first-order valence-corrected chi connectivity index (χ1v) is 7.67. The van der Waals surface area contributed by atoms with E-state index in [9.17, 15) is 4.79 Å². The first-order chi connectivity index (χ1) is 11.2. The highest BCUT2D eigenvalue weighted by Gasteiger charge is 2.24. The SMILES string of the molecule is CNC(=O)c1cccnc1C[C@@H]1COc2c(cccc2OC)C1. The van der Waals surface area contributed by atoms with Gasteiger partial charge in [0, 0.05) is 19.2 Å². The standard InChI is InChI=1S/C18H20N2O3/c1-19-18(21)14-6-4-8-20-15(14)10-12-9-13-5-3-7-16(22-2)17(13)23-11-12/h3-8,12H,9-11H2,1-2H3,(H,19,21)/t12-/m1/s1. The lowest BCUT2D eigenvalue weighted by molar-refractivity contribution is 0.0961. The molecule has 3 rings (SSSR count). The van der Waals surface area contributed by atoms with Crippen LogP contribution in [0.5, 0.6) is 11.5 Å². The monoisotopic (exact) mass is 312 g/mol. The fourth-order valence-electron chi connectivity index (χ4n) is 2.96. The summed E-state index contributed by atoms with van der Waals surface area (Å²) in [5, 5.41) is 2.66. The average molecular weight is 312 g/mol. The maximum absolute atomic E-state index is 12.0. The molecule has 1 aliphatic rings. The molecule has 0 fully saturated rings. The minimum atomic E-state index is -0.105. The van der Waals surface area contributed by atoms with E-state index in [1.54, 1.807) is 26.4 Å². The Morgan fingerprint density at radius 1 is 1.39 bits per heavy atom. The molecule has 5 heteroatoms. The summed E-state index contributed by atoms with van der Waals surface area (Å²) in [6.45, 7) is 0.594. The Bertz CT molecular complexity index is 715. The molecular weight excluding hydrogens is 292 g/mol. The van der Waals surface area contributed by atoms with Crippen LogP contribution in [-0.2, 0) is 12.8 Å². The van der Waals surface area contributed by atoms with Crippen LogP contribution in [0.15, 0.2) is 36.5 Å². The van der Waals surface area contributed by atoms with Crippen molar-refractivity contribution in [1.29, 1.82) is 0 Å². The van der Waals surface area contributed by atoms with Crippen LogP contribution in [0, 0.1) is 5.92 Å². The van der Waals surface area contributed by atoms with E-state index in [1.807, 2.05) is 18.2 Å². The van der Waals surface area contributed by atoms with Gasteiger partial charge in [-0.2, -0.15) is 0 Å². The Morgan fingerprint density at radius 3 is 3.04 bits per heavy atom. The third kappa shape index (κ3) is 3.13. The number of pyridine rings is 1. The molecule has 23 heavy (non-hydrogen) atoms. The van der Waals surface area contributed by atoms with E-state index in [0.717, 1.165) is 29.2 Å². The average Bonchev–Trinajstić information content (AvgIpc) is 2.60. The van der Waals surface area contributed by atoms with Crippen LogP contribution in [0.4, 0.5) is 0 Å². The molecule has 0 saturated carbocycles. The van der Waals surface area contributed by atoms with Gasteiger partial charge in [-0.05, 0) is 36.6 Å². The smallest absolute Gasteiger partial charge is 0.252 e. The zero-order valence-electron chi connectivity index (χ0n) is 13.3. The van der Waals surface area contributed by atoms with Crippen molar-refractivity contribution in [1.82, 2.24) is 10.3 Å². The molecule has 2 heterocycles. The van der Waals surface area contributed by atoms with E-state index in [-0.39, 0.29) is 11.8 Å². The molecule has 1 aromatic carbocycles. The van der Waals surface area contributed by atoms with Gasteiger partial charge in [-0.3, -0.25) is 9.78 Å². The van der Waals surface area contributed by atoms with E-state index in [2.05, 4.69) is 16.4 Å². The van der Waals surface area contributed by atoms with Gasteiger partial charge in [-0.25, -0.2) is 0 Å². The van der Waals surface area contributed by atoms with Gasteiger partial charge in [0.1, 0.15) is 0 Å². The van der Waals surface area contributed by atoms with E-state index in [0.29, 0.717) is 18.6 Å². The first kappa shape index (κ1) is 15.3. The molecule has 0 radical (unpaired) electrons. The molecule has 0 bridgehead atoms. The first-order valence-electron chi connectivity index (χ1n) is 7.67. The number of rotatable bonds is 4. The zero-order valence-corrected chi connectivity index (χ0v) is 13.3. The summed E-state index contributed by atoms with van der Waals surface area (Å²) in [5.74, 6) is 1.78. The summed E-state index contributed by atoms with van der Waals surface area (Å²) in [5.41, 5.74) is 2.58. The maximum Gasteiger partial charge on any atom is 0.252 e. The highest BCUT2D eigenvalue weighted by atomic mass is 16.5. The Hall–Kier alpha value is -2.56. The minimum absolute atomic E-state index is 0.105. The van der Waals surface area contributed by atoms with Gasteiger partial charge in [0.15, 0.2) is 11.5 Å². The van der Waals surface area contributed by atoms with Crippen LogP contribution in [0.25, 0.3) is 0 Å². The van der Waals surface area contributed by atoms with Crippen LogP contribution in [0.1, 0.15) is 21.6 Å². The molecule has 0 aliphatic carbocycles. The second kappa shape index (κ2) is 6.69. The van der Waals surface area contributed by atoms with Crippen LogP contribution in [0.2, 0.25) is 0 Å². The molecule has 1 aromatic heterocycles. The number of carbonyl (C=O) groups is 1. The van der Waals surface area contributed by atoms with Gasteiger partial charge in [0.05, 0.1) is 25.0 Å². The lowest BCUT2D eigenvalue weighted by atomic mass is 9.91. The number of methoxy groups -OCH3 is 1. The second-order valence-electron chi connectivity index (χ2n) is 5.61. The molecule has 1 amide bonds. The number of nitrogens with zero attached hydrogens (tertiary/aromatic N) is 1. The number of carbonyl (C=O) groups excluding carboxylic acids is 1. The molecule has 120 valence electrons. The predicted octanol–water partition coefficient (Wildman–Crippen LogP) is 2.24. The van der Waals surface area contributed by atoms with Gasteiger partial charge in [0.25, 0.3) is 5.91 Å². The van der Waals surface area contributed by atoms with Crippen molar-refractivity contribution in [2.24, 2.45) is 5.92 Å². The molecule has 5 nitrogen and oxygen atoms in total. The topological polar surface area (TPSA) is 60.5 Å². The van der Waals surface area contributed by atoms with Crippen molar-refractivity contribution in [2.45, 2.75) is 12.8 Å². The van der Waals surface area contributed by atoms with Crippen molar-refractivity contribution in [3.63, 3.8) is 0 Å². The Morgan fingerprint density at radius 2 is 2.26 bits per heavy atom. The summed E-state index contributed by atoms with van der Waals surface area (Å²) < 4.78 is 11.2. The van der Waals surface area contributed by atoms with Crippen LogP contribution in [0.3, 0.4) is 0 Å². The molecule has 0 saturated heterocycles. The Labute approximate surface area is 135 Å². The third-order valence-corrected chi connectivity index (χ3v) is 4.10. The van der Waals surface area contributed by atoms with E-state index in [4.69, 9.17) is 9.47 Å². The third-order valence-electron chi connectivity index (χ3n) is 4.10. The molecule has 1 N–H and O–H groups in total. The minimum Gasteiger partial charge on any atom is -0.493 e. The molecule has 0 spiro atoms. The summed E-state index contributed by atoms with van der Waals surface area (Å²) in [6, 6.07) is 9.53. The summed E-state index contributed by atoms with van der Waals surface area (Å²) in [6.07, 6.45) is 3.32. The number of benzene rings is 1. The largest absolute Gasteiger partial charge is 0.493 e. The van der Waals surface area contributed by atoms with Crippen molar-refractivity contribution in [3.05, 3.63) is 53.3 Å². The number of ether oxygens (including phenoxy) is 2. The summed E-state index contributed by atoms with van der Waals surface area (Å²) in [7, 11) is 3.28. The Balaban J connectivity index is 1.79. The van der Waals surface area contributed by atoms with Gasteiger partial charge < -0.3 is 14.8 Å². The van der Waals surface area contributed by atoms with Crippen molar-refractivity contribution in [3.8, 4) is 11.5 Å². The van der Waals surface area contributed by atoms with Gasteiger partial charge in [-0.15, -0.1) is 0 Å². The highest BCUT2D eigenvalue weighted by molar-refractivity contribution is 5.95. The Kier molecular flexibility index (Phi) is 4.46. The normalized spacial score (nSPS) is 16.2.